The Morgan fingerprint density at radius 3 is 2.42 bits per heavy atom. The number of rotatable bonds is 9. The fraction of sp³-hybridized carbons (Fsp3) is 0.435. The number of carbonyl (C=O) groups is 1. The first-order chi connectivity index (χ1) is 14.9. The SMILES string of the molecule is CCN(CC)S(=O)(=O)c1ccc(N2CCCC2)c(NC(=O)COc2ccccc2C)c1. The van der Waals surface area contributed by atoms with Gasteiger partial charge in [0.05, 0.1) is 16.3 Å². The van der Waals surface area contributed by atoms with Gasteiger partial charge in [0.2, 0.25) is 10.0 Å². The molecule has 168 valence electrons. The number of hydrogen-bond donors (Lipinski definition) is 1. The highest BCUT2D eigenvalue weighted by atomic mass is 32.2. The molecule has 1 amide bonds. The van der Waals surface area contributed by atoms with Crippen molar-refractivity contribution < 1.29 is 17.9 Å². The Labute approximate surface area is 185 Å². The Morgan fingerprint density at radius 2 is 1.77 bits per heavy atom. The monoisotopic (exact) mass is 445 g/mol. The highest BCUT2D eigenvalue weighted by Crippen LogP contribution is 2.32. The summed E-state index contributed by atoms with van der Waals surface area (Å²) in [5.74, 6) is 0.316. The molecule has 0 aromatic heterocycles. The summed E-state index contributed by atoms with van der Waals surface area (Å²) >= 11 is 0. The summed E-state index contributed by atoms with van der Waals surface area (Å²) in [4.78, 5) is 15.0. The van der Waals surface area contributed by atoms with Crippen LogP contribution in [0.4, 0.5) is 11.4 Å². The average Bonchev–Trinajstić information content (AvgIpc) is 3.28. The number of ether oxygens (including phenoxy) is 1. The van der Waals surface area contributed by atoms with Gasteiger partial charge in [-0.2, -0.15) is 4.31 Å². The van der Waals surface area contributed by atoms with Gasteiger partial charge in [0, 0.05) is 26.2 Å². The first-order valence-corrected chi connectivity index (χ1v) is 12.2. The zero-order valence-electron chi connectivity index (χ0n) is 18.4. The van der Waals surface area contributed by atoms with Crippen LogP contribution in [0.25, 0.3) is 0 Å². The molecule has 0 unspecified atom stereocenters. The van der Waals surface area contributed by atoms with Gasteiger partial charge in [-0.25, -0.2) is 8.42 Å². The van der Waals surface area contributed by atoms with E-state index in [1.54, 1.807) is 18.2 Å². The third-order valence-corrected chi connectivity index (χ3v) is 7.53. The lowest BCUT2D eigenvalue weighted by Gasteiger charge is -2.24. The lowest BCUT2D eigenvalue weighted by Crippen LogP contribution is -2.31. The summed E-state index contributed by atoms with van der Waals surface area (Å²) in [5.41, 5.74) is 2.27. The highest BCUT2D eigenvalue weighted by molar-refractivity contribution is 7.89. The molecule has 1 aliphatic rings. The van der Waals surface area contributed by atoms with Gasteiger partial charge < -0.3 is 15.0 Å². The van der Waals surface area contributed by atoms with Gasteiger partial charge in [-0.1, -0.05) is 32.0 Å². The number of hydrogen-bond acceptors (Lipinski definition) is 5. The molecule has 0 spiro atoms. The maximum atomic E-state index is 13.0. The van der Waals surface area contributed by atoms with E-state index in [4.69, 9.17) is 4.74 Å². The minimum absolute atomic E-state index is 0.155. The molecule has 1 saturated heterocycles. The molecular formula is C23H31N3O4S. The number of anilines is 2. The van der Waals surface area contributed by atoms with Crippen LogP contribution in [-0.2, 0) is 14.8 Å². The van der Waals surface area contributed by atoms with Crippen molar-refractivity contribution >= 4 is 27.3 Å². The molecular weight excluding hydrogens is 414 g/mol. The molecule has 1 fully saturated rings. The molecule has 8 heteroatoms. The van der Waals surface area contributed by atoms with Gasteiger partial charge in [0.25, 0.3) is 5.91 Å². The minimum atomic E-state index is -3.63. The van der Waals surface area contributed by atoms with Gasteiger partial charge >= 0.3 is 0 Å². The number of nitrogens with one attached hydrogen (secondary N) is 1. The lowest BCUT2D eigenvalue weighted by atomic mass is 10.2. The summed E-state index contributed by atoms with van der Waals surface area (Å²) in [6.45, 7) is 7.92. The van der Waals surface area contributed by atoms with Crippen molar-refractivity contribution in [2.75, 3.05) is 43.0 Å². The number of nitrogens with zero attached hydrogens (tertiary/aromatic N) is 2. The van der Waals surface area contributed by atoms with E-state index < -0.39 is 10.0 Å². The average molecular weight is 446 g/mol. The number of sulfonamides is 1. The number of amides is 1. The minimum Gasteiger partial charge on any atom is -0.483 e. The van der Waals surface area contributed by atoms with E-state index in [-0.39, 0.29) is 17.4 Å². The summed E-state index contributed by atoms with van der Waals surface area (Å²) < 4.78 is 33.0. The number of para-hydroxylation sites is 1. The van der Waals surface area contributed by atoms with Crippen LogP contribution in [-0.4, -0.2) is 51.4 Å². The lowest BCUT2D eigenvalue weighted by molar-refractivity contribution is -0.118. The van der Waals surface area contributed by atoms with Crippen molar-refractivity contribution in [3.8, 4) is 5.75 Å². The van der Waals surface area contributed by atoms with Crippen molar-refractivity contribution in [1.82, 2.24) is 4.31 Å². The molecule has 31 heavy (non-hydrogen) atoms. The van der Waals surface area contributed by atoms with E-state index in [2.05, 4.69) is 10.2 Å². The van der Waals surface area contributed by atoms with Crippen LogP contribution >= 0.6 is 0 Å². The maximum absolute atomic E-state index is 13.0. The van der Waals surface area contributed by atoms with E-state index in [9.17, 15) is 13.2 Å². The third kappa shape index (κ3) is 5.37. The Bertz CT molecular complexity index is 1010. The predicted octanol–water partition coefficient (Wildman–Crippen LogP) is 3.64. The predicted molar refractivity (Wildman–Crippen MR) is 123 cm³/mol. The number of aryl methyl sites for hydroxylation is 1. The van der Waals surface area contributed by atoms with Crippen LogP contribution in [0.3, 0.4) is 0 Å². The maximum Gasteiger partial charge on any atom is 0.262 e. The summed E-state index contributed by atoms with van der Waals surface area (Å²) in [6, 6.07) is 12.5. The second kappa shape index (κ2) is 10.2. The van der Waals surface area contributed by atoms with Crippen molar-refractivity contribution in [2.24, 2.45) is 0 Å². The summed E-state index contributed by atoms with van der Waals surface area (Å²) in [6.07, 6.45) is 2.15. The second-order valence-corrected chi connectivity index (χ2v) is 9.50. The van der Waals surface area contributed by atoms with Crippen molar-refractivity contribution in [2.45, 2.75) is 38.5 Å². The first-order valence-electron chi connectivity index (χ1n) is 10.7. The molecule has 2 aromatic rings. The molecule has 1 aliphatic heterocycles. The fourth-order valence-electron chi connectivity index (χ4n) is 3.77. The molecule has 1 N–H and O–H groups in total. The molecule has 0 aliphatic carbocycles. The summed E-state index contributed by atoms with van der Waals surface area (Å²) in [7, 11) is -3.63. The van der Waals surface area contributed by atoms with Crippen molar-refractivity contribution in [3.63, 3.8) is 0 Å². The van der Waals surface area contributed by atoms with E-state index in [0.29, 0.717) is 24.5 Å². The smallest absolute Gasteiger partial charge is 0.262 e. The Kier molecular flexibility index (Phi) is 7.56. The van der Waals surface area contributed by atoms with Gasteiger partial charge in [-0.15, -0.1) is 0 Å². The van der Waals surface area contributed by atoms with E-state index in [0.717, 1.165) is 37.2 Å². The zero-order chi connectivity index (χ0) is 22.4. The zero-order valence-corrected chi connectivity index (χ0v) is 19.2. The summed E-state index contributed by atoms with van der Waals surface area (Å²) in [5, 5.41) is 2.88. The molecule has 3 rings (SSSR count). The second-order valence-electron chi connectivity index (χ2n) is 7.56. The van der Waals surface area contributed by atoms with Crippen molar-refractivity contribution in [1.29, 1.82) is 0 Å². The van der Waals surface area contributed by atoms with Gasteiger partial charge in [-0.3, -0.25) is 4.79 Å². The molecule has 0 atom stereocenters. The van der Waals surface area contributed by atoms with Crippen LogP contribution in [0.1, 0.15) is 32.3 Å². The third-order valence-electron chi connectivity index (χ3n) is 5.48. The normalized spacial score (nSPS) is 14.1. The van der Waals surface area contributed by atoms with Gasteiger partial charge in [-0.05, 0) is 49.6 Å². The van der Waals surface area contributed by atoms with Gasteiger partial charge in [0.15, 0.2) is 6.61 Å². The van der Waals surface area contributed by atoms with E-state index in [1.165, 1.54) is 4.31 Å². The van der Waals surface area contributed by atoms with Gasteiger partial charge in [0.1, 0.15) is 5.75 Å². The molecule has 1 heterocycles. The van der Waals surface area contributed by atoms with Crippen LogP contribution in [0, 0.1) is 6.92 Å². The van der Waals surface area contributed by atoms with Crippen LogP contribution in [0.5, 0.6) is 5.75 Å². The number of carbonyl (C=O) groups excluding carboxylic acids is 1. The molecule has 2 aromatic carbocycles. The van der Waals surface area contributed by atoms with Crippen molar-refractivity contribution in [3.05, 3.63) is 48.0 Å². The standard InChI is InChI=1S/C23H31N3O4S/c1-4-26(5-2)31(28,29)19-12-13-21(25-14-8-9-15-25)20(16-19)24-23(27)17-30-22-11-7-6-10-18(22)3/h6-7,10-13,16H,4-5,8-9,14-15,17H2,1-3H3,(H,24,27). The van der Waals surface area contributed by atoms with Crippen LogP contribution in [0.15, 0.2) is 47.4 Å². The first kappa shape index (κ1) is 23.1. The van der Waals surface area contributed by atoms with Crippen LogP contribution in [0.2, 0.25) is 0 Å². The largest absolute Gasteiger partial charge is 0.483 e. The molecule has 0 saturated carbocycles. The van der Waals surface area contributed by atoms with Crippen LogP contribution < -0.4 is 15.0 Å². The van der Waals surface area contributed by atoms with E-state index in [1.807, 2.05) is 45.0 Å². The Balaban J connectivity index is 1.85. The topological polar surface area (TPSA) is 79.0 Å². The fourth-order valence-corrected chi connectivity index (χ4v) is 5.25. The molecule has 0 radical (unpaired) electrons. The Hall–Kier alpha value is -2.58. The quantitative estimate of drug-likeness (QED) is 0.638. The molecule has 0 bridgehead atoms. The number of benzene rings is 2. The van der Waals surface area contributed by atoms with E-state index >= 15 is 0 Å². The molecule has 7 nitrogen and oxygen atoms in total. The highest BCUT2D eigenvalue weighted by Gasteiger charge is 2.25. The Morgan fingerprint density at radius 1 is 1.10 bits per heavy atom.